The summed E-state index contributed by atoms with van der Waals surface area (Å²) in [4.78, 5) is 23.6. The molecule has 0 saturated carbocycles. The van der Waals surface area contributed by atoms with Crippen molar-refractivity contribution in [2.45, 2.75) is 33.0 Å². The highest BCUT2D eigenvalue weighted by Gasteiger charge is 2.51. The van der Waals surface area contributed by atoms with Gasteiger partial charge in [0.15, 0.2) is 12.3 Å². The number of esters is 1. The zero-order chi connectivity index (χ0) is 14.3. The Labute approximate surface area is 106 Å². The predicted molar refractivity (Wildman–Crippen MR) is 62.7 cm³/mol. The van der Waals surface area contributed by atoms with Crippen LogP contribution in [0.5, 0.6) is 0 Å². The predicted octanol–water partition coefficient (Wildman–Crippen LogP) is 0.309. The summed E-state index contributed by atoms with van der Waals surface area (Å²) in [5.41, 5.74) is -0.625. The molecular formula is C10H17NO6S. The van der Waals surface area contributed by atoms with E-state index >= 15 is 0 Å². The number of hydrogen-bond donors (Lipinski definition) is 1. The molecule has 0 aliphatic carbocycles. The number of hydrogen-bond acceptors (Lipinski definition) is 5. The molecule has 0 spiro atoms. The van der Waals surface area contributed by atoms with Gasteiger partial charge in [-0.15, -0.1) is 0 Å². The lowest BCUT2D eigenvalue weighted by Crippen LogP contribution is -2.49. The lowest BCUT2D eigenvalue weighted by atomic mass is 9.93. The first-order chi connectivity index (χ1) is 7.93. The van der Waals surface area contributed by atoms with Gasteiger partial charge in [0.1, 0.15) is 9.84 Å². The number of nitrogens with zero attached hydrogens (tertiary/aromatic N) is 1. The van der Waals surface area contributed by atoms with Gasteiger partial charge in [0.05, 0.1) is 5.75 Å². The zero-order valence-corrected chi connectivity index (χ0v) is 11.5. The van der Waals surface area contributed by atoms with Crippen LogP contribution in [0.1, 0.15) is 20.8 Å². The summed E-state index contributed by atoms with van der Waals surface area (Å²) in [5, 5.41) is 9.13. The Morgan fingerprint density at radius 2 is 1.94 bits per heavy atom. The molecule has 1 aliphatic rings. The molecule has 18 heavy (non-hydrogen) atoms. The van der Waals surface area contributed by atoms with Crippen LogP contribution in [0.2, 0.25) is 0 Å². The molecule has 2 atom stereocenters. The van der Waals surface area contributed by atoms with Crippen LogP contribution in [0, 0.1) is 5.41 Å². The van der Waals surface area contributed by atoms with Crippen molar-refractivity contribution in [1.82, 2.24) is 4.90 Å². The molecule has 0 aromatic carbocycles. The van der Waals surface area contributed by atoms with Crippen molar-refractivity contribution >= 4 is 21.9 Å². The van der Waals surface area contributed by atoms with Gasteiger partial charge in [-0.25, -0.2) is 18.0 Å². The van der Waals surface area contributed by atoms with Crippen LogP contribution in [-0.2, 0) is 19.4 Å². The lowest BCUT2D eigenvalue weighted by molar-refractivity contribution is -0.147. The number of carbonyl (C=O) groups is 2. The van der Waals surface area contributed by atoms with Crippen LogP contribution in [-0.4, -0.2) is 54.8 Å². The Bertz CT molecular complexity index is 463. The first-order valence-corrected chi connectivity index (χ1v) is 7.39. The van der Waals surface area contributed by atoms with E-state index in [4.69, 9.17) is 9.84 Å². The molecule has 0 bridgehead atoms. The summed E-state index contributed by atoms with van der Waals surface area (Å²) in [6, 6.07) is -1.29. The van der Waals surface area contributed by atoms with Gasteiger partial charge in [0, 0.05) is 11.7 Å². The van der Waals surface area contributed by atoms with E-state index in [-0.39, 0.29) is 0 Å². The van der Waals surface area contributed by atoms with E-state index in [9.17, 15) is 18.0 Å². The topological polar surface area (TPSA) is 101 Å². The first kappa shape index (κ1) is 14.7. The van der Waals surface area contributed by atoms with Gasteiger partial charge in [-0.3, -0.25) is 4.90 Å². The molecule has 1 aliphatic heterocycles. The summed E-state index contributed by atoms with van der Waals surface area (Å²) in [6.45, 7) is 5.14. The second-order valence-corrected chi connectivity index (χ2v) is 7.64. The summed E-state index contributed by atoms with van der Waals surface area (Å²) < 4.78 is 27.5. The van der Waals surface area contributed by atoms with Gasteiger partial charge in [-0.2, -0.15) is 0 Å². The van der Waals surface area contributed by atoms with Crippen LogP contribution in [0.25, 0.3) is 0 Å². The molecule has 1 saturated heterocycles. The van der Waals surface area contributed by atoms with E-state index in [1.165, 1.54) is 0 Å². The van der Waals surface area contributed by atoms with Crippen molar-refractivity contribution in [3.63, 3.8) is 0 Å². The van der Waals surface area contributed by atoms with Gasteiger partial charge in [0.25, 0.3) is 0 Å². The molecule has 1 fully saturated rings. The van der Waals surface area contributed by atoms with E-state index in [1.807, 2.05) is 0 Å². The molecule has 8 heteroatoms. The fourth-order valence-corrected chi connectivity index (χ4v) is 2.66. The molecule has 0 radical (unpaired) electrons. The van der Waals surface area contributed by atoms with Crippen LogP contribution in [0.4, 0.5) is 4.79 Å². The van der Waals surface area contributed by atoms with E-state index in [0.29, 0.717) is 0 Å². The average molecular weight is 279 g/mol. The Kier molecular flexibility index (Phi) is 3.62. The fraction of sp³-hybridized carbons (Fsp3) is 0.800. The lowest BCUT2D eigenvalue weighted by Gasteiger charge is -2.32. The maximum Gasteiger partial charge on any atom is 0.411 e. The minimum Gasteiger partial charge on any atom is -0.465 e. The minimum atomic E-state index is -3.48. The largest absolute Gasteiger partial charge is 0.465 e. The second-order valence-electron chi connectivity index (χ2n) is 5.45. The smallest absolute Gasteiger partial charge is 0.411 e. The average Bonchev–Trinajstić information content (AvgIpc) is 2.40. The van der Waals surface area contributed by atoms with Gasteiger partial charge < -0.3 is 9.84 Å². The second kappa shape index (κ2) is 4.42. The summed E-state index contributed by atoms with van der Waals surface area (Å²) >= 11 is 0. The Balaban J connectivity index is 3.11. The van der Waals surface area contributed by atoms with Gasteiger partial charge in [0.2, 0.25) is 0 Å². The van der Waals surface area contributed by atoms with E-state index in [2.05, 4.69) is 0 Å². The number of carboxylic acid groups (broad SMARTS) is 1. The monoisotopic (exact) mass is 279 g/mol. The third-order valence-electron chi connectivity index (χ3n) is 2.51. The Hall–Kier alpha value is -1.31. The number of carbonyl (C=O) groups excluding carboxylic acids is 1. The van der Waals surface area contributed by atoms with Crippen LogP contribution >= 0.6 is 0 Å². The van der Waals surface area contributed by atoms with Crippen LogP contribution in [0.3, 0.4) is 0 Å². The third kappa shape index (κ3) is 3.12. The molecule has 104 valence electrons. The Morgan fingerprint density at radius 1 is 1.44 bits per heavy atom. The van der Waals surface area contributed by atoms with E-state index < -0.39 is 45.3 Å². The minimum absolute atomic E-state index is 0.565. The molecule has 1 amide bonds. The van der Waals surface area contributed by atoms with Crippen molar-refractivity contribution < 1.29 is 27.9 Å². The highest BCUT2D eigenvalue weighted by molar-refractivity contribution is 7.90. The quantitative estimate of drug-likeness (QED) is 0.730. The number of sulfone groups is 1. The summed E-state index contributed by atoms with van der Waals surface area (Å²) in [7, 11) is -3.48. The van der Waals surface area contributed by atoms with Crippen molar-refractivity contribution in [2.24, 2.45) is 5.41 Å². The maximum absolute atomic E-state index is 11.6. The summed E-state index contributed by atoms with van der Waals surface area (Å²) in [5.74, 6) is -1.38. The first-order valence-electron chi connectivity index (χ1n) is 5.33. The molecule has 7 nitrogen and oxygen atoms in total. The van der Waals surface area contributed by atoms with Crippen molar-refractivity contribution in [1.29, 1.82) is 0 Å². The van der Waals surface area contributed by atoms with Gasteiger partial charge in [-0.05, 0) is 0 Å². The standard InChI is InChI=1S/C10H17NO6S/c1-10(2,3)8-11(9(13)14)6(7(12)17-8)5-18(4,15)16/h6,8H,5H2,1-4H3,(H,13,14)/t6-,8-/m1/s1. The van der Waals surface area contributed by atoms with Crippen molar-refractivity contribution in [2.75, 3.05) is 12.0 Å². The SMILES string of the molecule is CC(C)(C)[C@H]1OC(=O)[C@@H](CS(C)(=O)=O)N1C(=O)O. The van der Waals surface area contributed by atoms with E-state index in [0.717, 1.165) is 11.2 Å². The molecule has 0 aromatic rings. The van der Waals surface area contributed by atoms with Gasteiger partial charge >= 0.3 is 12.1 Å². The number of cyclic esters (lactones) is 1. The van der Waals surface area contributed by atoms with Crippen LogP contribution in [0.15, 0.2) is 0 Å². The zero-order valence-electron chi connectivity index (χ0n) is 10.7. The molecule has 0 aromatic heterocycles. The molecular weight excluding hydrogens is 262 g/mol. The fourth-order valence-electron chi connectivity index (χ4n) is 1.79. The van der Waals surface area contributed by atoms with Gasteiger partial charge in [-0.1, -0.05) is 20.8 Å². The van der Waals surface area contributed by atoms with Crippen molar-refractivity contribution in [3.8, 4) is 0 Å². The highest BCUT2D eigenvalue weighted by atomic mass is 32.2. The summed E-state index contributed by atoms with van der Waals surface area (Å²) in [6.07, 6.45) is -1.39. The normalized spacial score (nSPS) is 25.1. The molecule has 1 heterocycles. The molecule has 0 unspecified atom stereocenters. The molecule has 1 rings (SSSR count). The number of ether oxygens (including phenoxy) is 1. The highest BCUT2D eigenvalue weighted by Crippen LogP contribution is 2.32. The van der Waals surface area contributed by atoms with Crippen LogP contribution < -0.4 is 0 Å². The molecule has 1 N–H and O–H groups in total. The van der Waals surface area contributed by atoms with Crippen molar-refractivity contribution in [3.05, 3.63) is 0 Å². The number of rotatable bonds is 2. The van der Waals surface area contributed by atoms with E-state index in [1.54, 1.807) is 20.8 Å². The Morgan fingerprint density at radius 3 is 2.28 bits per heavy atom. The number of amides is 1. The maximum atomic E-state index is 11.6. The third-order valence-corrected chi connectivity index (χ3v) is 3.43.